The molecule has 2 rings (SSSR count). The first-order chi connectivity index (χ1) is 7.74. The molecule has 0 aliphatic carbocycles. The molecule has 1 aromatic carbocycles. The van der Waals surface area contributed by atoms with E-state index >= 15 is 0 Å². The molecule has 0 radical (unpaired) electrons. The third-order valence-electron chi connectivity index (χ3n) is 2.90. The Morgan fingerprint density at radius 3 is 2.69 bits per heavy atom. The number of rotatable bonds is 3. The van der Waals surface area contributed by atoms with E-state index in [0.29, 0.717) is 6.54 Å². The highest BCUT2D eigenvalue weighted by atomic mass is 19.1. The second-order valence-corrected chi connectivity index (χ2v) is 4.26. The SMILES string of the molecule is CN1CCN(NCc2cccc(F)c2)CC1. The third kappa shape index (κ3) is 3.27. The van der Waals surface area contributed by atoms with Crippen molar-refractivity contribution in [3.63, 3.8) is 0 Å². The Kier molecular flexibility index (Phi) is 3.88. The molecule has 0 saturated carbocycles. The molecule has 4 heteroatoms. The molecular weight excluding hydrogens is 205 g/mol. The molecule has 1 aliphatic rings. The Morgan fingerprint density at radius 2 is 2.00 bits per heavy atom. The van der Waals surface area contributed by atoms with E-state index in [1.54, 1.807) is 12.1 Å². The number of piperazine rings is 1. The molecule has 1 saturated heterocycles. The predicted molar refractivity (Wildman–Crippen MR) is 62.3 cm³/mol. The summed E-state index contributed by atoms with van der Waals surface area (Å²) in [5.74, 6) is -0.169. The quantitative estimate of drug-likeness (QED) is 0.827. The highest BCUT2D eigenvalue weighted by Crippen LogP contribution is 2.04. The Morgan fingerprint density at radius 1 is 1.25 bits per heavy atom. The summed E-state index contributed by atoms with van der Waals surface area (Å²) in [4.78, 5) is 2.31. The van der Waals surface area contributed by atoms with Gasteiger partial charge in [-0.05, 0) is 24.7 Å². The van der Waals surface area contributed by atoms with Crippen molar-refractivity contribution in [3.05, 3.63) is 35.6 Å². The summed E-state index contributed by atoms with van der Waals surface area (Å²) in [6.07, 6.45) is 0. The van der Waals surface area contributed by atoms with Crippen LogP contribution in [0.4, 0.5) is 4.39 Å². The Labute approximate surface area is 95.8 Å². The number of likely N-dealkylation sites (N-methyl/N-ethyl adjacent to an activating group) is 1. The molecule has 88 valence electrons. The number of nitrogens with one attached hydrogen (secondary N) is 1. The average molecular weight is 223 g/mol. The number of benzene rings is 1. The number of hydrazine groups is 1. The van der Waals surface area contributed by atoms with E-state index in [-0.39, 0.29) is 5.82 Å². The Balaban J connectivity index is 1.79. The summed E-state index contributed by atoms with van der Waals surface area (Å²) in [5.41, 5.74) is 4.31. The third-order valence-corrected chi connectivity index (χ3v) is 2.90. The van der Waals surface area contributed by atoms with E-state index in [2.05, 4.69) is 22.4 Å². The lowest BCUT2D eigenvalue weighted by Crippen LogP contribution is -2.50. The Bertz CT molecular complexity index is 335. The van der Waals surface area contributed by atoms with Crippen LogP contribution >= 0.6 is 0 Å². The van der Waals surface area contributed by atoms with Crippen molar-refractivity contribution < 1.29 is 4.39 Å². The number of nitrogens with zero attached hydrogens (tertiary/aromatic N) is 2. The second-order valence-electron chi connectivity index (χ2n) is 4.26. The van der Waals surface area contributed by atoms with Crippen LogP contribution in [0.5, 0.6) is 0 Å². The molecule has 1 aromatic rings. The van der Waals surface area contributed by atoms with E-state index in [1.807, 2.05) is 6.07 Å². The summed E-state index contributed by atoms with van der Waals surface area (Å²) < 4.78 is 12.9. The number of hydrogen-bond donors (Lipinski definition) is 1. The molecule has 1 heterocycles. The maximum absolute atomic E-state index is 12.9. The smallest absolute Gasteiger partial charge is 0.123 e. The van der Waals surface area contributed by atoms with Gasteiger partial charge < -0.3 is 4.90 Å². The molecule has 0 spiro atoms. The second kappa shape index (κ2) is 5.39. The lowest BCUT2D eigenvalue weighted by atomic mass is 10.2. The minimum Gasteiger partial charge on any atom is -0.304 e. The first kappa shape index (κ1) is 11.5. The molecular formula is C12H18FN3. The normalized spacial score (nSPS) is 18.9. The summed E-state index contributed by atoms with van der Waals surface area (Å²) in [6.45, 7) is 4.89. The fourth-order valence-corrected chi connectivity index (χ4v) is 1.81. The van der Waals surface area contributed by atoms with Crippen molar-refractivity contribution in [1.29, 1.82) is 0 Å². The molecule has 0 amide bonds. The van der Waals surface area contributed by atoms with E-state index in [9.17, 15) is 4.39 Å². The van der Waals surface area contributed by atoms with Crippen LogP contribution in [0.3, 0.4) is 0 Å². The van der Waals surface area contributed by atoms with Crippen LogP contribution in [0.15, 0.2) is 24.3 Å². The summed E-state index contributed by atoms with van der Waals surface area (Å²) in [5, 5.41) is 2.20. The van der Waals surface area contributed by atoms with Crippen LogP contribution in [0.2, 0.25) is 0 Å². The van der Waals surface area contributed by atoms with Crippen LogP contribution < -0.4 is 5.43 Å². The van der Waals surface area contributed by atoms with Crippen LogP contribution in [0.1, 0.15) is 5.56 Å². The minimum absolute atomic E-state index is 0.169. The molecule has 1 aliphatic heterocycles. The zero-order valence-corrected chi connectivity index (χ0v) is 9.62. The summed E-state index contributed by atoms with van der Waals surface area (Å²) in [7, 11) is 2.13. The van der Waals surface area contributed by atoms with Gasteiger partial charge in [0, 0.05) is 32.7 Å². The van der Waals surface area contributed by atoms with Gasteiger partial charge in [-0.25, -0.2) is 9.40 Å². The lowest BCUT2D eigenvalue weighted by Gasteiger charge is -2.32. The van der Waals surface area contributed by atoms with E-state index in [0.717, 1.165) is 31.7 Å². The van der Waals surface area contributed by atoms with Crippen molar-refractivity contribution in [2.24, 2.45) is 0 Å². The molecule has 1 fully saturated rings. The predicted octanol–water partition coefficient (Wildman–Crippen LogP) is 1.08. The largest absolute Gasteiger partial charge is 0.304 e. The summed E-state index contributed by atoms with van der Waals surface area (Å²) in [6, 6.07) is 6.73. The van der Waals surface area contributed by atoms with Gasteiger partial charge in [-0.1, -0.05) is 12.1 Å². The van der Waals surface area contributed by atoms with Crippen molar-refractivity contribution in [1.82, 2.24) is 15.3 Å². The lowest BCUT2D eigenvalue weighted by molar-refractivity contribution is 0.102. The fourth-order valence-electron chi connectivity index (χ4n) is 1.81. The number of hydrogen-bond acceptors (Lipinski definition) is 3. The highest BCUT2D eigenvalue weighted by molar-refractivity contribution is 5.15. The van der Waals surface area contributed by atoms with Gasteiger partial charge >= 0.3 is 0 Å². The zero-order chi connectivity index (χ0) is 11.4. The molecule has 16 heavy (non-hydrogen) atoms. The highest BCUT2D eigenvalue weighted by Gasteiger charge is 2.12. The summed E-state index contributed by atoms with van der Waals surface area (Å²) >= 11 is 0. The van der Waals surface area contributed by atoms with Gasteiger partial charge in [0.05, 0.1) is 0 Å². The molecule has 0 atom stereocenters. The van der Waals surface area contributed by atoms with Crippen LogP contribution in [0, 0.1) is 5.82 Å². The van der Waals surface area contributed by atoms with Gasteiger partial charge in [0.15, 0.2) is 0 Å². The van der Waals surface area contributed by atoms with E-state index < -0.39 is 0 Å². The van der Waals surface area contributed by atoms with Crippen molar-refractivity contribution in [3.8, 4) is 0 Å². The average Bonchev–Trinajstić information content (AvgIpc) is 2.28. The van der Waals surface area contributed by atoms with Gasteiger partial charge in [-0.2, -0.15) is 0 Å². The van der Waals surface area contributed by atoms with Crippen molar-refractivity contribution in [2.75, 3.05) is 33.2 Å². The molecule has 0 bridgehead atoms. The minimum atomic E-state index is -0.169. The maximum atomic E-state index is 12.9. The topological polar surface area (TPSA) is 18.5 Å². The molecule has 0 unspecified atom stereocenters. The van der Waals surface area contributed by atoms with Crippen LogP contribution in [-0.2, 0) is 6.54 Å². The number of halogens is 1. The first-order valence-corrected chi connectivity index (χ1v) is 5.65. The van der Waals surface area contributed by atoms with Gasteiger partial charge in [0.25, 0.3) is 0 Å². The monoisotopic (exact) mass is 223 g/mol. The maximum Gasteiger partial charge on any atom is 0.123 e. The van der Waals surface area contributed by atoms with Gasteiger partial charge in [-0.15, -0.1) is 0 Å². The van der Waals surface area contributed by atoms with Crippen LogP contribution in [-0.4, -0.2) is 43.1 Å². The van der Waals surface area contributed by atoms with Crippen LogP contribution in [0.25, 0.3) is 0 Å². The molecule has 1 N–H and O–H groups in total. The van der Waals surface area contributed by atoms with Crippen molar-refractivity contribution >= 4 is 0 Å². The molecule has 3 nitrogen and oxygen atoms in total. The van der Waals surface area contributed by atoms with Crippen molar-refractivity contribution in [2.45, 2.75) is 6.54 Å². The van der Waals surface area contributed by atoms with E-state index in [1.165, 1.54) is 6.07 Å². The molecule has 0 aromatic heterocycles. The first-order valence-electron chi connectivity index (χ1n) is 5.65. The van der Waals surface area contributed by atoms with E-state index in [4.69, 9.17) is 0 Å². The standard InChI is InChI=1S/C12H18FN3/c1-15-5-7-16(8-6-15)14-10-11-3-2-4-12(13)9-11/h2-4,9,14H,5-8,10H2,1H3. The van der Waals surface area contributed by atoms with Gasteiger partial charge in [0.1, 0.15) is 5.82 Å². The Hall–Kier alpha value is -0.970. The van der Waals surface area contributed by atoms with Gasteiger partial charge in [-0.3, -0.25) is 5.43 Å². The van der Waals surface area contributed by atoms with Gasteiger partial charge in [0.2, 0.25) is 0 Å². The fraction of sp³-hybridized carbons (Fsp3) is 0.500. The zero-order valence-electron chi connectivity index (χ0n) is 9.62.